The highest BCUT2D eigenvalue weighted by Gasteiger charge is 2.15. The van der Waals surface area contributed by atoms with Crippen LogP contribution in [0.5, 0.6) is 5.75 Å². The van der Waals surface area contributed by atoms with Gasteiger partial charge in [-0.15, -0.1) is 0 Å². The van der Waals surface area contributed by atoms with Gasteiger partial charge in [0.25, 0.3) is 0 Å². The van der Waals surface area contributed by atoms with E-state index in [1.807, 2.05) is 26.8 Å². The number of aryl methyl sites for hydroxylation is 1. The van der Waals surface area contributed by atoms with Gasteiger partial charge >= 0.3 is 5.97 Å². The molecule has 0 radical (unpaired) electrons. The third-order valence-corrected chi connectivity index (χ3v) is 2.32. The van der Waals surface area contributed by atoms with E-state index in [1.165, 1.54) is 6.07 Å². The maximum atomic E-state index is 11.1. The second-order valence-corrected chi connectivity index (χ2v) is 3.84. The van der Waals surface area contributed by atoms with Crippen LogP contribution in [0.4, 0.5) is 0 Å². The number of ether oxygens (including phenoxy) is 2. The van der Waals surface area contributed by atoms with Crippen molar-refractivity contribution >= 4 is 5.97 Å². The van der Waals surface area contributed by atoms with E-state index < -0.39 is 5.97 Å². The molecule has 0 heterocycles. The zero-order valence-corrected chi connectivity index (χ0v) is 10.4. The van der Waals surface area contributed by atoms with Crippen LogP contribution in [-0.2, 0) is 4.74 Å². The number of hydrogen-bond donors (Lipinski definition) is 1. The van der Waals surface area contributed by atoms with Crippen molar-refractivity contribution in [3.05, 3.63) is 29.3 Å². The van der Waals surface area contributed by atoms with Crippen LogP contribution in [0.15, 0.2) is 18.2 Å². The van der Waals surface area contributed by atoms with Crippen molar-refractivity contribution < 1.29 is 19.4 Å². The van der Waals surface area contributed by atoms with Gasteiger partial charge in [-0.2, -0.15) is 0 Å². The molecule has 0 aliphatic heterocycles. The third-order valence-electron chi connectivity index (χ3n) is 2.32. The Kier molecular flexibility index (Phi) is 4.97. The quantitative estimate of drug-likeness (QED) is 0.827. The fourth-order valence-electron chi connectivity index (χ4n) is 1.50. The molecule has 0 aliphatic carbocycles. The van der Waals surface area contributed by atoms with Crippen LogP contribution in [0.3, 0.4) is 0 Å². The molecular weight excluding hydrogens is 220 g/mol. The van der Waals surface area contributed by atoms with E-state index in [2.05, 4.69) is 0 Å². The molecule has 0 aliphatic rings. The Balaban J connectivity index is 2.85. The van der Waals surface area contributed by atoms with Crippen molar-refractivity contribution in [2.24, 2.45) is 0 Å². The molecule has 0 saturated heterocycles. The lowest BCUT2D eigenvalue weighted by Gasteiger charge is -2.17. The van der Waals surface area contributed by atoms with E-state index in [0.29, 0.717) is 19.0 Å². The van der Waals surface area contributed by atoms with Crippen molar-refractivity contribution in [3.63, 3.8) is 0 Å². The van der Waals surface area contributed by atoms with Crippen LogP contribution in [-0.4, -0.2) is 30.4 Å². The summed E-state index contributed by atoms with van der Waals surface area (Å²) >= 11 is 0. The highest BCUT2D eigenvalue weighted by molar-refractivity contribution is 5.91. The molecule has 1 atom stereocenters. The van der Waals surface area contributed by atoms with E-state index in [1.54, 1.807) is 6.07 Å². The molecule has 0 amide bonds. The van der Waals surface area contributed by atoms with E-state index in [9.17, 15) is 4.79 Å². The minimum Gasteiger partial charge on any atom is -0.487 e. The summed E-state index contributed by atoms with van der Waals surface area (Å²) in [6.07, 6.45) is -0.172. The maximum absolute atomic E-state index is 11.1. The Morgan fingerprint density at radius 3 is 2.76 bits per heavy atom. The van der Waals surface area contributed by atoms with Crippen LogP contribution in [0.2, 0.25) is 0 Å². The SMILES string of the molecule is CCOCC(C)Oc1c(C)cccc1C(=O)O. The molecule has 0 saturated carbocycles. The van der Waals surface area contributed by atoms with Crippen LogP contribution >= 0.6 is 0 Å². The predicted molar refractivity (Wildman–Crippen MR) is 64.7 cm³/mol. The first-order valence-electron chi connectivity index (χ1n) is 5.63. The van der Waals surface area contributed by atoms with E-state index >= 15 is 0 Å². The van der Waals surface area contributed by atoms with Gasteiger partial charge in [0.15, 0.2) is 0 Å². The monoisotopic (exact) mass is 238 g/mol. The second kappa shape index (κ2) is 6.25. The molecule has 1 unspecified atom stereocenters. The maximum Gasteiger partial charge on any atom is 0.339 e. The second-order valence-electron chi connectivity index (χ2n) is 3.84. The van der Waals surface area contributed by atoms with Crippen LogP contribution < -0.4 is 4.74 Å². The first-order chi connectivity index (χ1) is 8.06. The number of aromatic carboxylic acids is 1. The van der Waals surface area contributed by atoms with Gasteiger partial charge in [0.2, 0.25) is 0 Å². The van der Waals surface area contributed by atoms with Gasteiger partial charge in [0, 0.05) is 6.61 Å². The molecule has 1 aromatic rings. The number of carbonyl (C=O) groups is 1. The number of carboxylic acids is 1. The number of carboxylic acid groups (broad SMARTS) is 1. The molecule has 1 N–H and O–H groups in total. The zero-order valence-electron chi connectivity index (χ0n) is 10.4. The Morgan fingerprint density at radius 1 is 1.47 bits per heavy atom. The zero-order chi connectivity index (χ0) is 12.8. The Hall–Kier alpha value is -1.55. The average molecular weight is 238 g/mol. The fraction of sp³-hybridized carbons (Fsp3) is 0.462. The smallest absolute Gasteiger partial charge is 0.339 e. The summed E-state index contributed by atoms with van der Waals surface area (Å²) < 4.78 is 10.9. The van der Waals surface area contributed by atoms with Crippen molar-refractivity contribution in [1.82, 2.24) is 0 Å². The lowest BCUT2D eigenvalue weighted by atomic mass is 10.1. The summed E-state index contributed by atoms with van der Waals surface area (Å²) in [5.41, 5.74) is 1.00. The average Bonchev–Trinajstić information content (AvgIpc) is 2.28. The Labute approximate surface area is 101 Å². The van der Waals surface area contributed by atoms with Crippen molar-refractivity contribution in [2.75, 3.05) is 13.2 Å². The molecule has 4 heteroatoms. The number of rotatable bonds is 6. The van der Waals surface area contributed by atoms with Crippen LogP contribution in [0.1, 0.15) is 29.8 Å². The third kappa shape index (κ3) is 3.75. The lowest BCUT2D eigenvalue weighted by Crippen LogP contribution is -2.20. The summed E-state index contributed by atoms with van der Waals surface area (Å²) in [7, 11) is 0. The van der Waals surface area contributed by atoms with Crippen LogP contribution in [0.25, 0.3) is 0 Å². The minimum atomic E-state index is -0.979. The number of hydrogen-bond acceptors (Lipinski definition) is 3. The molecule has 1 aromatic carbocycles. The van der Waals surface area contributed by atoms with Gasteiger partial charge in [0.05, 0.1) is 6.61 Å². The normalized spacial score (nSPS) is 12.2. The molecule has 0 bridgehead atoms. The van der Waals surface area contributed by atoms with Crippen molar-refractivity contribution in [3.8, 4) is 5.75 Å². The molecular formula is C13H18O4. The molecule has 4 nitrogen and oxygen atoms in total. The summed E-state index contributed by atoms with van der Waals surface area (Å²) in [6, 6.07) is 5.08. The molecule has 0 fully saturated rings. The molecule has 94 valence electrons. The topological polar surface area (TPSA) is 55.8 Å². The highest BCUT2D eigenvalue weighted by Crippen LogP contribution is 2.24. The largest absolute Gasteiger partial charge is 0.487 e. The van der Waals surface area contributed by atoms with Crippen molar-refractivity contribution in [1.29, 1.82) is 0 Å². The lowest BCUT2D eigenvalue weighted by molar-refractivity contribution is 0.0604. The molecule has 0 aromatic heterocycles. The molecule has 0 spiro atoms. The molecule has 17 heavy (non-hydrogen) atoms. The number of benzene rings is 1. The molecule has 1 rings (SSSR count). The Bertz CT molecular complexity index is 387. The standard InChI is InChI=1S/C13H18O4/c1-4-16-8-10(3)17-12-9(2)6-5-7-11(12)13(14)15/h5-7,10H,4,8H2,1-3H3,(H,14,15). The van der Waals surface area contributed by atoms with Gasteiger partial charge in [-0.05, 0) is 32.4 Å². The van der Waals surface area contributed by atoms with Crippen LogP contribution in [0, 0.1) is 6.92 Å². The first-order valence-corrected chi connectivity index (χ1v) is 5.63. The van der Waals surface area contributed by atoms with Gasteiger partial charge in [-0.1, -0.05) is 12.1 Å². The van der Waals surface area contributed by atoms with E-state index in [-0.39, 0.29) is 11.7 Å². The summed E-state index contributed by atoms with van der Waals surface area (Å²) in [5, 5.41) is 9.07. The summed E-state index contributed by atoms with van der Waals surface area (Å²) in [4.78, 5) is 11.1. The highest BCUT2D eigenvalue weighted by atomic mass is 16.5. The fourth-order valence-corrected chi connectivity index (χ4v) is 1.50. The van der Waals surface area contributed by atoms with Crippen molar-refractivity contribution in [2.45, 2.75) is 26.9 Å². The van der Waals surface area contributed by atoms with Gasteiger partial charge in [-0.3, -0.25) is 0 Å². The minimum absolute atomic E-state index is 0.172. The van der Waals surface area contributed by atoms with Gasteiger partial charge < -0.3 is 14.6 Å². The summed E-state index contributed by atoms with van der Waals surface area (Å²) in [6.45, 7) is 6.66. The van der Waals surface area contributed by atoms with Gasteiger partial charge in [0.1, 0.15) is 17.4 Å². The number of para-hydroxylation sites is 1. The first kappa shape index (κ1) is 13.5. The van der Waals surface area contributed by atoms with E-state index in [0.717, 1.165) is 5.56 Å². The predicted octanol–water partition coefficient (Wildman–Crippen LogP) is 2.50. The Morgan fingerprint density at radius 2 is 2.18 bits per heavy atom. The summed E-state index contributed by atoms with van der Waals surface area (Å²) in [5.74, 6) is -0.556. The van der Waals surface area contributed by atoms with Gasteiger partial charge in [-0.25, -0.2) is 4.79 Å². The van der Waals surface area contributed by atoms with E-state index in [4.69, 9.17) is 14.6 Å².